The average molecular weight is 275 g/mol. The lowest BCUT2D eigenvalue weighted by atomic mass is 9.82. The fraction of sp³-hybridized carbons (Fsp3) is 0.462. The molecule has 7 heteroatoms. The van der Waals surface area contributed by atoms with E-state index >= 15 is 0 Å². The predicted molar refractivity (Wildman–Crippen MR) is 71.7 cm³/mol. The summed E-state index contributed by atoms with van der Waals surface area (Å²) in [7, 11) is 0. The highest BCUT2D eigenvalue weighted by molar-refractivity contribution is 5.74. The summed E-state index contributed by atoms with van der Waals surface area (Å²) in [5.74, 6) is -0.265. The quantitative estimate of drug-likeness (QED) is 0.861. The smallest absolute Gasteiger partial charge is 0.311 e. The Morgan fingerprint density at radius 1 is 1.30 bits per heavy atom. The van der Waals surface area contributed by atoms with Gasteiger partial charge in [-0.25, -0.2) is 4.68 Å². The van der Waals surface area contributed by atoms with Gasteiger partial charge in [-0.2, -0.15) is 0 Å². The van der Waals surface area contributed by atoms with E-state index in [4.69, 9.17) is 0 Å². The van der Waals surface area contributed by atoms with Crippen LogP contribution in [0.15, 0.2) is 24.5 Å². The zero-order chi connectivity index (χ0) is 14.6. The van der Waals surface area contributed by atoms with E-state index in [0.717, 1.165) is 5.56 Å². The Balaban J connectivity index is 2.36. The summed E-state index contributed by atoms with van der Waals surface area (Å²) >= 11 is 0. The maximum atomic E-state index is 11.6. The lowest BCUT2D eigenvalue weighted by Crippen LogP contribution is -2.35. The molecule has 0 aliphatic rings. The van der Waals surface area contributed by atoms with E-state index < -0.39 is 11.4 Å². The largest absolute Gasteiger partial charge is 0.481 e. The van der Waals surface area contributed by atoms with Gasteiger partial charge in [-0.1, -0.05) is 13.8 Å². The number of aliphatic carboxylic acids is 1. The van der Waals surface area contributed by atoms with E-state index in [1.807, 2.05) is 13.8 Å². The molecule has 2 aromatic heterocycles. The van der Waals surface area contributed by atoms with E-state index in [0.29, 0.717) is 18.7 Å². The van der Waals surface area contributed by atoms with Crippen molar-refractivity contribution < 1.29 is 9.90 Å². The van der Waals surface area contributed by atoms with E-state index in [2.05, 4.69) is 20.5 Å². The first-order valence-electron chi connectivity index (χ1n) is 6.53. The van der Waals surface area contributed by atoms with Gasteiger partial charge in [0.1, 0.15) is 0 Å². The molecule has 0 aliphatic heterocycles. The molecular formula is C13H17N5O2. The Morgan fingerprint density at radius 3 is 2.50 bits per heavy atom. The Hall–Kier alpha value is -2.31. The molecule has 0 spiro atoms. The highest BCUT2D eigenvalue weighted by atomic mass is 16.4. The van der Waals surface area contributed by atoms with Crippen LogP contribution < -0.4 is 0 Å². The minimum absolute atomic E-state index is 0.250. The summed E-state index contributed by atoms with van der Waals surface area (Å²) in [5.41, 5.74) is -0.0338. The standard InChI is InChI=1S/C13H17N5O2/c1-3-13(4-2,12(19)20)9-18-11(15-16-17-18)10-5-7-14-8-6-10/h5-8H,3-4,9H2,1-2H3,(H,19,20). The van der Waals surface area contributed by atoms with E-state index in [9.17, 15) is 9.90 Å². The number of aromatic nitrogens is 5. The van der Waals surface area contributed by atoms with Crippen molar-refractivity contribution in [3.05, 3.63) is 24.5 Å². The number of tetrazole rings is 1. The fourth-order valence-electron chi connectivity index (χ4n) is 2.15. The monoisotopic (exact) mass is 275 g/mol. The summed E-state index contributed by atoms with van der Waals surface area (Å²) in [4.78, 5) is 15.5. The van der Waals surface area contributed by atoms with Gasteiger partial charge in [0.15, 0.2) is 5.82 Å². The molecular weight excluding hydrogens is 258 g/mol. The molecule has 2 aromatic rings. The Kier molecular flexibility index (Phi) is 4.07. The van der Waals surface area contributed by atoms with Crippen LogP contribution in [0.4, 0.5) is 0 Å². The van der Waals surface area contributed by atoms with Crippen LogP contribution in [0.5, 0.6) is 0 Å². The van der Waals surface area contributed by atoms with Crippen LogP contribution in [0.25, 0.3) is 11.4 Å². The number of rotatable bonds is 6. The molecule has 0 bridgehead atoms. The molecule has 2 rings (SSSR count). The van der Waals surface area contributed by atoms with E-state index in [1.165, 1.54) is 0 Å². The molecule has 0 aliphatic carbocycles. The molecule has 0 aromatic carbocycles. The van der Waals surface area contributed by atoms with Crippen molar-refractivity contribution in [1.82, 2.24) is 25.2 Å². The first-order chi connectivity index (χ1) is 9.63. The first kappa shape index (κ1) is 14.1. The molecule has 7 nitrogen and oxygen atoms in total. The van der Waals surface area contributed by atoms with Gasteiger partial charge in [-0.15, -0.1) is 5.10 Å². The molecule has 2 heterocycles. The topological polar surface area (TPSA) is 93.8 Å². The Morgan fingerprint density at radius 2 is 1.95 bits per heavy atom. The zero-order valence-corrected chi connectivity index (χ0v) is 11.5. The Bertz CT molecular complexity index is 577. The lowest BCUT2D eigenvalue weighted by molar-refractivity contribution is -0.150. The van der Waals surface area contributed by atoms with Crippen LogP contribution >= 0.6 is 0 Å². The predicted octanol–water partition coefficient (Wildman–Crippen LogP) is 1.63. The van der Waals surface area contributed by atoms with Gasteiger partial charge in [0.25, 0.3) is 0 Å². The van der Waals surface area contributed by atoms with Crippen LogP contribution in [-0.2, 0) is 11.3 Å². The van der Waals surface area contributed by atoms with Crippen molar-refractivity contribution in [2.75, 3.05) is 0 Å². The molecule has 1 N–H and O–H groups in total. The number of hydrogen-bond donors (Lipinski definition) is 1. The number of carboxylic acids is 1. The third-order valence-corrected chi connectivity index (χ3v) is 3.73. The second-order valence-corrected chi connectivity index (χ2v) is 4.69. The average Bonchev–Trinajstić information content (AvgIpc) is 2.93. The van der Waals surface area contributed by atoms with E-state index in [1.54, 1.807) is 29.2 Å². The van der Waals surface area contributed by atoms with Gasteiger partial charge >= 0.3 is 5.97 Å². The molecule has 0 atom stereocenters. The SMILES string of the molecule is CCC(CC)(Cn1nnnc1-c1ccncc1)C(=O)O. The summed E-state index contributed by atoms with van der Waals surface area (Å²) < 4.78 is 1.55. The number of nitrogens with zero attached hydrogens (tertiary/aromatic N) is 5. The third-order valence-electron chi connectivity index (χ3n) is 3.73. The minimum Gasteiger partial charge on any atom is -0.481 e. The zero-order valence-electron chi connectivity index (χ0n) is 11.5. The summed E-state index contributed by atoms with van der Waals surface area (Å²) in [5, 5.41) is 21.1. The maximum Gasteiger partial charge on any atom is 0.311 e. The van der Waals surface area contributed by atoms with Crippen LogP contribution in [0.1, 0.15) is 26.7 Å². The second kappa shape index (κ2) is 5.77. The number of hydrogen-bond acceptors (Lipinski definition) is 5. The van der Waals surface area contributed by atoms with Gasteiger partial charge in [-0.3, -0.25) is 9.78 Å². The number of carbonyl (C=O) groups is 1. The van der Waals surface area contributed by atoms with Gasteiger partial charge in [-0.05, 0) is 35.4 Å². The fourth-order valence-corrected chi connectivity index (χ4v) is 2.15. The molecule has 0 unspecified atom stereocenters. The van der Waals surface area contributed by atoms with Crippen LogP contribution in [0.2, 0.25) is 0 Å². The summed E-state index contributed by atoms with van der Waals surface area (Å²) in [6.07, 6.45) is 4.35. The first-order valence-corrected chi connectivity index (χ1v) is 6.53. The van der Waals surface area contributed by atoms with Crippen LogP contribution in [0.3, 0.4) is 0 Å². The Labute approximate surface area is 116 Å². The van der Waals surface area contributed by atoms with Crippen molar-refractivity contribution in [3.8, 4) is 11.4 Å². The van der Waals surface area contributed by atoms with Gasteiger partial charge in [0.2, 0.25) is 0 Å². The highest BCUT2D eigenvalue weighted by Gasteiger charge is 2.36. The molecule has 106 valence electrons. The normalized spacial score (nSPS) is 11.5. The molecule has 0 saturated heterocycles. The highest BCUT2D eigenvalue weighted by Crippen LogP contribution is 2.30. The molecule has 0 radical (unpaired) electrons. The lowest BCUT2D eigenvalue weighted by Gasteiger charge is -2.26. The van der Waals surface area contributed by atoms with Gasteiger partial charge in [0, 0.05) is 18.0 Å². The van der Waals surface area contributed by atoms with E-state index in [-0.39, 0.29) is 6.54 Å². The summed E-state index contributed by atoms with van der Waals surface area (Å²) in [6.45, 7) is 3.99. The molecule has 0 saturated carbocycles. The molecule has 0 amide bonds. The number of carboxylic acid groups (broad SMARTS) is 1. The molecule has 20 heavy (non-hydrogen) atoms. The van der Waals surface area contributed by atoms with Crippen LogP contribution in [0, 0.1) is 5.41 Å². The van der Waals surface area contributed by atoms with Crippen molar-refractivity contribution in [3.63, 3.8) is 0 Å². The van der Waals surface area contributed by atoms with Gasteiger partial charge < -0.3 is 5.11 Å². The van der Waals surface area contributed by atoms with Gasteiger partial charge in [0.05, 0.1) is 12.0 Å². The second-order valence-electron chi connectivity index (χ2n) is 4.69. The third kappa shape index (κ3) is 2.52. The summed E-state index contributed by atoms with van der Waals surface area (Å²) in [6, 6.07) is 3.59. The van der Waals surface area contributed by atoms with Crippen molar-refractivity contribution in [2.24, 2.45) is 5.41 Å². The molecule has 0 fully saturated rings. The maximum absolute atomic E-state index is 11.6. The minimum atomic E-state index is -0.850. The van der Waals surface area contributed by atoms with Crippen molar-refractivity contribution >= 4 is 5.97 Å². The van der Waals surface area contributed by atoms with Crippen molar-refractivity contribution in [1.29, 1.82) is 0 Å². The number of pyridine rings is 1. The van der Waals surface area contributed by atoms with Crippen molar-refractivity contribution in [2.45, 2.75) is 33.2 Å². The van der Waals surface area contributed by atoms with Crippen LogP contribution in [-0.4, -0.2) is 36.3 Å².